The van der Waals surface area contributed by atoms with Crippen LogP contribution in [0, 0.1) is 6.92 Å². The second-order valence-electron chi connectivity index (χ2n) is 7.31. The normalized spacial score (nSPS) is 14.0. The Morgan fingerprint density at radius 3 is 2.50 bits per heavy atom. The van der Waals surface area contributed by atoms with E-state index in [2.05, 4.69) is 19.8 Å². The molecule has 0 aliphatic carbocycles. The van der Waals surface area contributed by atoms with Crippen LogP contribution in [0.5, 0.6) is 5.75 Å². The zero-order chi connectivity index (χ0) is 21.1. The minimum atomic E-state index is -3.81. The maximum Gasteiger partial charge on any atom is 0.265 e. The molecule has 4 rings (SSSR count). The van der Waals surface area contributed by atoms with Crippen molar-refractivity contribution in [3.63, 3.8) is 0 Å². The Labute approximate surface area is 176 Å². The van der Waals surface area contributed by atoms with Gasteiger partial charge in [0.25, 0.3) is 10.0 Å². The molecule has 0 amide bonds. The maximum absolute atomic E-state index is 12.9. The topological polar surface area (TPSA) is 84.4 Å². The molecule has 0 bridgehead atoms. The van der Waals surface area contributed by atoms with Crippen LogP contribution >= 0.6 is 0 Å². The number of aromatic nitrogens is 2. The lowest BCUT2D eigenvalue weighted by Crippen LogP contribution is -2.19. The van der Waals surface area contributed by atoms with Gasteiger partial charge in [0.05, 0.1) is 12.8 Å². The third-order valence-electron chi connectivity index (χ3n) is 5.10. The molecule has 156 valence electrons. The third kappa shape index (κ3) is 4.23. The Morgan fingerprint density at radius 2 is 1.80 bits per heavy atom. The summed E-state index contributed by atoms with van der Waals surface area (Å²) in [5.41, 5.74) is 2.84. The third-order valence-corrected chi connectivity index (χ3v) is 6.52. The van der Waals surface area contributed by atoms with Crippen LogP contribution < -0.4 is 14.4 Å². The van der Waals surface area contributed by atoms with E-state index in [1.807, 2.05) is 25.1 Å². The molecule has 8 heteroatoms. The van der Waals surface area contributed by atoms with Gasteiger partial charge in [0, 0.05) is 24.3 Å². The van der Waals surface area contributed by atoms with E-state index in [4.69, 9.17) is 4.74 Å². The van der Waals surface area contributed by atoms with Gasteiger partial charge in [-0.05, 0) is 61.7 Å². The summed E-state index contributed by atoms with van der Waals surface area (Å²) in [4.78, 5) is 2.31. The first kappa shape index (κ1) is 20.2. The second-order valence-corrected chi connectivity index (χ2v) is 8.96. The molecule has 2 heterocycles. The second kappa shape index (κ2) is 8.31. The lowest BCUT2D eigenvalue weighted by Gasteiger charge is -2.15. The fourth-order valence-corrected chi connectivity index (χ4v) is 4.74. The molecule has 0 atom stereocenters. The first-order chi connectivity index (χ1) is 14.5. The van der Waals surface area contributed by atoms with Crippen molar-refractivity contribution in [2.45, 2.75) is 24.7 Å². The average molecular weight is 425 g/mol. The Hall–Kier alpha value is -3.13. The Kier molecular flexibility index (Phi) is 5.59. The van der Waals surface area contributed by atoms with Crippen LogP contribution in [0.3, 0.4) is 0 Å². The number of hydrogen-bond donors (Lipinski definition) is 1. The SMILES string of the molecule is COc1cc(C)ccc1S(=O)(=O)Nc1cccc(-c2ccc(N3CCCC3)nn2)c1. The minimum absolute atomic E-state index is 0.0933. The van der Waals surface area contributed by atoms with Crippen LogP contribution in [0.15, 0.2) is 59.5 Å². The van der Waals surface area contributed by atoms with Crippen molar-refractivity contribution in [3.8, 4) is 17.0 Å². The summed E-state index contributed by atoms with van der Waals surface area (Å²) in [6.07, 6.45) is 2.36. The summed E-state index contributed by atoms with van der Waals surface area (Å²) < 4.78 is 33.7. The fourth-order valence-electron chi connectivity index (χ4n) is 3.54. The highest BCUT2D eigenvalue weighted by molar-refractivity contribution is 7.92. The van der Waals surface area contributed by atoms with E-state index in [1.54, 1.807) is 36.4 Å². The lowest BCUT2D eigenvalue weighted by atomic mass is 10.1. The van der Waals surface area contributed by atoms with Gasteiger partial charge >= 0.3 is 0 Å². The van der Waals surface area contributed by atoms with Crippen molar-refractivity contribution in [2.75, 3.05) is 29.8 Å². The van der Waals surface area contributed by atoms with Gasteiger partial charge in [0.1, 0.15) is 10.6 Å². The Balaban J connectivity index is 1.58. The summed E-state index contributed by atoms with van der Waals surface area (Å²) in [6, 6.07) is 16.0. The van der Waals surface area contributed by atoms with Gasteiger partial charge in [-0.3, -0.25) is 4.72 Å². The number of nitrogens with one attached hydrogen (secondary N) is 1. The van der Waals surface area contributed by atoms with Crippen LogP contribution in [0.2, 0.25) is 0 Å². The van der Waals surface area contributed by atoms with Gasteiger partial charge in [-0.15, -0.1) is 10.2 Å². The molecule has 1 N–H and O–H groups in total. The lowest BCUT2D eigenvalue weighted by molar-refractivity contribution is 0.402. The molecule has 0 spiro atoms. The van der Waals surface area contributed by atoms with Gasteiger partial charge in [-0.25, -0.2) is 8.42 Å². The predicted molar refractivity (Wildman–Crippen MR) is 117 cm³/mol. The quantitative estimate of drug-likeness (QED) is 0.647. The van der Waals surface area contributed by atoms with Crippen LogP contribution in [0.25, 0.3) is 11.3 Å². The molecule has 1 aliphatic rings. The van der Waals surface area contributed by atoms with E-state index in [0.717, 1.165) is 30.0 Å². The zero-order valence-electron chi connectivity index (χ0n) is 17.0. The maximum atomic E-state index is 12.9. The molecule has 0 unspecified atom stereocenters. The summed E-state index contributed by atoms with van der Waals surface area (Å²) in [7, 11) is -2.35. The minimum Gasteiger partial charge on any atom is -0.495 e. The number of hydrogen-bond acceptors (Lipinski definition) is 6. The molecule has 3 aromatic rings. The number of anilines is 2. The van der Waals surface area contributed by atoms with E-state index in [-0.39, 0.29) is 4.90 Å². The molecule has 0 radical (unpaired) electrons. The largest absolute Gasteiger partial charge is 0.495 e. The molecule has 0 saturated carbocycles. The molecule has 1 aromatic heterocycles. The molecule has 1 aliphatic heterocycles. The van der Waals surface area contributed by atoms with E-state index < -0.39 is 10.0 Å². The molecule has 7 nitrogen and oxygen atoms in total. The molecular formula is C22H24N4O3S. The van der Waals surface area contributed by atoms with Crippen molar-refractivity contribution < 1.29 is 13.2 Å². The van der Waals surface area contributed by atoms with Crippen LogP contribution in [0.1, 0.15) is 18.4 Å². The summed E-state index contributed by atoms with van der Waals surface area (Å²) in [6.45, 7) is 3.90. The van der Waals surface area contributed by atoms with E-state index >= 15 is 0 Å². The first-order valence-electron chi connectivity index (χ1n) is 9.83. The highest BCUT2D eigenvalue weighted by Gasteiger charge is 2.20. The average Bonchev–Trinajstić information content (AvgIpc) is 3.28. The standard InChI is InChI=1S/C22H24N4O3S/c1-16-8-10-21(20(14-16)29-2)30(27,28)25-18-7-5-6-17(15-18)19-9-11-22(24-23-19)26-12-3-4-13-26/h5-11,14-15,25H,3-4,12-13H2,1-2H3. The number of nitrogens with zero attached hydrogens (tertiary/aromatic N) is 3. The number of rotatable bonds is 6. The number of aryl methyl sites for hydroxylation is 1. The molecule has 30 heavy (non-hydrogen) atoms. The van der Waals surface area contributed by atoms with Crippen molar-refractivity contribution in [1.29, 1.82) is 0 Å². The molecule has 2 aromatic carbocycles. The van der Waals surface area contributed by atoms with Crippen molar-refractivity contribution in [1.82, 2.24) is 10.2 Å². The monoisotopic (exact) mass is 424 g/mol. The van der Waals surface area contributed by atoms with E-state index in [9.17, 15) is 8.42 Å². The molecular weight excluding hydrogens is 400 g/mol. The molecule has 1 saturated heterocycles. The number of benzene rings is 2. The van der Waals surface area contributed by atoms with Crippen molar-refractivity contribution in [3.05, 3.63) is 60.2 Å². The van der Waals surface area contributed by atoms with Gasteiger partial charge in [0.2, 0.25) is 0 Å². The van der Waals surface area contributed by atoms with Gasteiger partial charge in [-0.1, -0.05) is 18.2 Å². The van der Waals surface area contributed by atoms with Crippen molar-refractivity contribution in [2.24, 2.45) is 0 Å². The summed E-state index contributed by atoms with van der Waals surface area (Å²) in [5, 5.41) is 8.68. The van der Waals surface area contributed by atoms with Crippen LogP contribution in [-0.4, -0.2) is 38.8 Å². The van der Waals surface area contributed by atoms with Crippen molar-refractivity contribution >= 4 is 21.5 Å². The number of ether oxygens (including phenoxy) is 1. The number of methoxy groups -OCH3 is 1. The van der Waals surface area contributed by atoms with Crippen LogP contribution in [0.4, 0.5) is 11.5 Å². The fraction of sp³-hybridized carbons (Fsp3) is 0.273. The zero-order valence-corrected chi connectivity index (χ0v) is 17.8. The summed E-state index contributed by atoms with van der Waals surface area (Å²) in [5.74, 6) is 1.18. The highest BCUT2D eigenvalue weighted by atomic mass is 32.2. The van der Waals surface area contributed by atoms with Gasteiger partial charge in [0.15, 0.2) is 5.82 Å². The van der Waals surface area contributed by atoms with Crippen LogP contribution in [-0.2, 0) is 10.0 Å². The van der Waals surface area contributed by atoms with E-state index in [0.29, 0.717) is 17.1 Å². The van der Waals surface area contributed by atoms with Gasteiger partial charge in [-0.2, -0.15) is 0 Å². The highest BCUT2D eigenvalue weighted by Crippen LogP contribution is 2.28. The first-order valence-corrected chi connectivity index (χ1v) is 11.3. The predicted octanol–water partition coefficient (Wildman–Crippen LogP) is 3.86. The van der Waals surface area contributed by atoms with E-state index in [1.165, 1.54) is 20.0 Å². The Morgan fingerprint density at radius 1 is 1.00 bits per heavy atom. The Bertz CT molecular complexity index is 1140. The smallest absolute Gasteiger partial charge is 0.265 e. The summed E-state index contributed by atoms with van der Waals surface area (Å²) >= 11 is 0. The number of sulfonamides is 1. The van der Waals surface area contributed by atoms with Gasteiger partial charge < -0.3 is 9.64 Å². The molecule has 1 fully saturated rings.